The van der Waals surface area contributed by atoms with E-state index < -0.39 is 0 Å². The molecule has 1 heterocycles. The molecule has 1 aromatic rings. The van der Waals surface area contributed by atoms with Crippen molar-refractivity contribution < 1.29 is 9.53 Å². The quantitative estimate of drug-likeness (QED) is 0.771. The molecule has 1 spiro atoms. The minimum absolute atomic E-state index is 0.0581. The minimum atomic E-state index is 0.0581. The number of carbonyl (C=O) groups is 1. The molecule has 1 aromatic carbocycles. The molecule has 116 valence electrons. The second-order valence-electron chi connectivity index (χ2n) is 8.40. The third-order valence-electron chi connectivity index (χ3n) is 7.10. The van der Waals surface area contributed by atoms with Crippen LogP contribution < -0.4 is 0 Å². The summed E-state index contributed by atoms with van der Waals surface area (Å²) in [7, 11) is 0. The second-order valence-corrected chi connectivity index (χ2v) is 8.40. The summed E-state index contributed by atoms with van der Waals surface area (Å²) >= 11 is 0. The van der Waals surface area contributed by atoms with Crippen molar-refractivity contribution in [3.8, 4) is 0 Å². The average molecular weight is 296 g/mol. The van der Waals surface area contributed by atoms with Gasteiger partial charge in [-0.05, 0) is 61.5 Å². The predicted molar refractivity (Wildman–Crippen MR) is 84.5 cm³/mol. The first-order valence-corrected chi connectivity index (χ1v) is 8.92. The molecular formula is C20H24O2. The Morgan fingerprint density at radius 1 is 1.09 bits per heavy atom. The number of esters is 1. The first-order valence-electron chi connectivity index (χ1n) is 8.92. The van der Waals surface area contributed by atoms with Crippen LogP contribution in [0, 0.1) is 17.3 Å². The van der Waals surface area contributed by atoms with E-state index in [1.165, 1.54) is 43.2 Å². The number of ether oxygens (including phenoxy) is 1. The van der Waals surface area contributed by atoms with Gasteiger partial charge in [-0.2, -0.15) is 0 Å². The van der Waals surface area contributed by atoms with Gasteiger partial charge in [0.05, 0.1) is 6.42 Å². The van der Waals surface area contributed by atoms with Crippen LogP contribution in [0.3, 0.4) is 0 Å². The Morgan fingerprint density at radius 3 is 2.41 bits per heavy atom. The van der Waals surface area contributed by atoms with Crippen LogP contribution in [0.1, 0.15) is 56.6 Å². The van der Waals surface area contributed by atoms with Crippen molar-refractivity contribution in [2.45, 2.75) is 63.4 Å². The fourth-order valence-electron chi connectivity index (χ4n) is 6.70. The summed E-state index contributed by atoms with van der Waals surface area (Å²) in [6.07, 6.45) is 8.22. The largest absolute Gasteiger partial charge is 0.461 e. The van der Waals surface area contributed by atoms with Crippen molar-refractivity contribution in [3.05, 3.63) is 35.4 Å². The van der Waals surface area contributed by atoms with Crippen LogP contribution in [-0.4, -0.2) is 12.1 Å². The zero-order valence-electron chi connectivity index (χ0n) is 13.3. The van der Waals surface area contributed by atoms with E-state index in [1.807, 2.05) is 0 Å². The Labute approximate surface area is 132 Å². The standard InChI is InChI=1S/C20H24O2/c1-2-13-3-5-16(6-4-13)20-10-14-7-15(11-20)9-19(8-14)12-17(21)22-18(19)20/h3-6,14-15,18H,2,7-12H2,1H3/t14?,15?,18-,19?,20?/m0/s1. The molecule has 1 saturated heterocycles. The Kier molecular flexibility index (Phi) is 2.48. The van der Waals surface area contributed by atoms with E-state index in [9.17, 15) is 4.79 Å². The molecule has 2 heteroatoms. The van der Waals surface area contributed by atoms with Crippen molar-refractivity contribution in [3.63, 3.8) is 0 Å². The van der Waals surface area contributed by atoms with Gasteiger partial charge in [0, 0.05) is 10.8 Å². The van der Waals surface area contributed by atoms with Crippen molar-refractivity contribution in [1.29, 1.82) is 0 Å². The molecule has 0 radical (unpaired) electrons. The van der Waals surface area contributed by atoms with Crippen LogP contribution >= 0.6 is 0 Å². The Hall–Kier alpha value is -1.31. The fourth-order valence-corrected chi connectivity index (χ4v) is 6.70. The van der Waals surface area contributed by atoms with Crippen LogP contribution in [0.15, 0.2) is 24.3 Å². The van der Waals surface area contributed by atoms with Crippen molar-refractivity contribution in [1.82, 2.24) is 0 Å². The van der Waals surface area contributed by atoms with E-state index in [0.717, 1.165) is 18.3 Å². The number of rotatable bonds is 2. The SMILES string of the molecule is CCc1ccc(C23CC4CC(CC5(CC(=O)O[C@@H]52)C4)C3)cc1. The summed E-state index contributed by atoms with van der Waals surface area (Å²) in [6.45, 7) is 2.20. The summed E-state index contributed by atoms with van der Waals surface area (Å²) in [5.41, 5.74) is 3.11. The zero-order chi connectivity index (χ0) is 14.9. The lowest BCUT2D eigenvalue weighted by Gasteiger charge is -2.63. The molecule has 1 aliphatic heterocycles. The van der Waals surface area contributed by atoms with Gasteiger partial charge in [0.15, 0.2) is 0 Å². The van der Waals surface area contributed by atoms with Crippen LogP contribution in [-0.2, 0) is 21.4 Å². The molecule has 0 amide bonds. The molecule has 5 fully saturated rings. The van der Waals surface area contributed by atoms with Crippen LogP contribution in [0.5, 0.6) is 0 Å². The van der Waals surface area contributed by atoms with Crippen molar-refractivity contribution in [2.24, 2.45) is 17.3 Å². The minimum Gasteiger partial charge on any atom is -0.461 e. The monoisotopic (exact) mass is 296 g/mol. The smallest absolute Gasteiger partial charge is 0.306 e. The summed E-state index contributed by atoms with van der Waals surface area (Å²) < 4.78 is 5.97. The summed E-state index contributed by atoms with van der Waals surface area (Å²) in [5, 5.41) is 0. The molecule has 6 rings (SSSR count). The van der Waals surface area contributed by atoms with E-state index >= 15 is 0 Å². The highest BCUT2D eigenvalue weighted by atomic mass is 16.6. The highest BCUT2D eigenvalue weighted by Crippen LogP contribution is 2.69. The van der Waals surface area contributed by atoms with Crippen molar-refractivity contribution >= 4 is 5.97 Å². The fraction of sp³-hybridized carbons (Fsp3) is 0.650. The Balaban J connectivity index is 1.64. The maximum Gasteiger partial charge on any atom is 0.306 e. The lowest BCUT2D eigenvalue weighted by molar-refractivity contribution is -0.164. The van der Waals surface area contributed by atoms with Crippen molar-refractivity contribution in [2.75, 3.05) is 0 Å². The van der Waals surface area contributed by atoms with Crippen LogP contribution in [0.4, 0.5) is 0 Å². The Bertz CT molecular complexity index is 616. The molecule has 3 atom stereocenters. The van der Waals surface area contributed by atoms with E-state index in [2.05, 4.69) is 31.2 Å². The normalized spacial score (nSPS) is 45.0. The summed E-state index contributed by atoms with van der Waals surface area (Å²) in [6, 6.07) is 9.20. The third kappa shape index (κ3) is 1.54. The maximum absolute atomic E-state index is 12.1. The van der Waals surface area contributed by atoms with Gasteiger partial charge in [0.1, 0.15) is 6.10 Å². The van der Waals surface area contributed by atoms with Gasteiger partial charge < -0.3 is 4.74 Å². The van der Waals surface area contributed by atoms with E-state index in [4.69, 9.17) is 4.74 Å². The molecule has 0 N–H and O–H groups in total. The number of hydrogen-bond acceptors (Lipinski definition) is 2. The molecule has 2 unspecified atom stereocenters. The highest BCUT2D eigenvalue weighted by molar-refractivity contribution is 5.74. The topological polar surface area (TPSA) is 26.3 Å². The van der Waals surface area contributed by atoms with Crippen LogP contribution in [0.2, 0.25) is 0 Å². The van der Waals surface area contributed by atoms with Gasteiger partial charge in [0.2, 0.25) is 0 Å². The molecule has 5 aliphatic rings. The number of benzene rings is 1. The van der Waals surface area contributed by atoms with Gasteiger partial charge in [-0.25, -0.2) is 0 Å². The number of aryl methyl sites for hydroxylation is 1. The number of hydrogen-bond donors (Lipinski definition) is 0. The highest BCUT2D eigenvalue weighted by Gasteiger charge is 2.68. The molecule has 2 nitrogen and oxygen atoms in total. The molecule has 4 saturated carbocycles. The third-order valence-corrected chi connectivity index (χ3v) is 7.10. The molecule has 4 bridgehead atoms. The summed E-state index contributed by atoms with van der Waals surface area (Å²) in [4.78, 5) is 12.1. The first kappa shape index (κ1) is 13.2. The average Bonchev–Trinajstić information content (AvgIpc) is 2.83. The van der Waals surface area contributed by atoms with Gasteiger partial charge in [-0.1, -0.05) is 31.2 Å². The van der Waals surface area contributed by atoms with Crippen LogP contribution in [0.25, 0.3) is 0 Å². The zero-order valence-corrected chi connectivity index (χ0v) is 13.3. The maximum atomic E-state index is 12.1. The van der Waals surface area contributed by atoms with E-state index in [1.54, 1.807) is 0 Å². The molecule has 0 aromatic heterocycles. The molecule has 22 heavy (non-hydrogen) atoms. The van der Waals surface area contributed by atoms with Gasteiger partial charge in [0.25, 0.3) is 0 Å². The van der Waals surface area contributed by atoms with Gasteiger partial charge in [-0.3, -0.25) is 4.79 Å². The van der Waals surface area contributed by atoms with E-state index in [-0.39, 0.29) is 22.9 Å². The number of carbonyl (C=O) groups excluding carboxylic acids is 1. The molecular weight excluding hydrogens is 272 g/mol. The van der Waals surface area contributed by atoms with E-state index in [0.29, 0.717) is 6.42 Å². The molecule has 4 aliphatic carbocycles. The second kappa shape index (κ2) is 4.15. The summed E-state index contributed by atoms with van der Waals surface area (Å²) in [5.74, 6) is 1.68. The first-order chi connectivity index (χ1) is 10.6. The predicted octanol–water partition coefficient (Wildman–Crippen LogP) is 4.01. The lowest BCUT2D eigenvalue weighted by atomic mass is 9.41. The lowest BCUT2D eigenvalue weighted by Crippen LogP contribution is -2.62. The van der Waals surface area contributed by atoms with Gasteiger partial charge in [-0.15, -0.1) is 0 Å². The van der Waals surface area contributed by atoms with Gasteiger partial charge >= 0.3 is 5.97 Å². The Morgan fingerprint density at radius 2 is 1.77 bits per heavy atom.